The number of para-hydroxylation sites is 1. The molecule has 3 aromatic rings. The number of rotatable bonds is 6. The molecular weight excluding hydrogens is 340 g/mol. The molecule has 27 heavy (non-hydrogen) atoms. The molecule has 2 aromatic carbocycles. The lowest BCUT2D eigenvalue weighted by Crippen LogP contribution is -2.15. The van der Waals surface area contributed by atoms with Gasteiger partial charge in [0.05, 0.1) is 6.61 Å². The smallest absolute Gasteiger partial charge is 0.274 e. The highest BCUT2D eigenvalue weighted by Gasteiger charge is 2.12. The molecule has 1 heterocycles. The summed E-state index contributed by atoms with van der Waals surface area (Å²) >= 11 is 0. The fourth-order valence-corrected chi connectivity index (χ4v) is 2.69. The topological polar surface area (TPSA) is 76.1 Å². The highest BCUT2D eigenvalue weighted by atomic mass is 16.5. The number of hydrogen-bond acceptors (Lipinski definition) is 5. The Morgan fingerprint density at radius 2 is 1.74 bits per heavy atom. The summed E-state index contributed by atoms with van der Waals surface area (Å²) in [5.41, 5.74) is 3.96. The summed E-state index contributed by atoms with van der Waals surface area (Å²) in [4.78, 5) is 20.9. The molecule has 0 aliphatic heterocycles. The number of aryl methyl sites for hydroxylation is 2. The van der Waals surface area contributed by atoms with Crippen LogP contribution in [0.3, 0.4) is 0 Å². The molecule has 0 unspecified atom stereocenters. The number of nitrogens with zero attached hydrogens (tertiary/aromatic N) is 2. The molecule has 1 amide bonds. The zero-order valence-corrected chi connectivity index (χ0v) is 15.6. The summed E-state index contributed by atoms with van der Waals surface area (Å²) in [6, 6.07) is 15.0. The van der Waals surface area contributed by atoms with Gasteiger partial charge in [-0.3, -0.25) is 4.79 Å². The first-order valence-electron chi connectivity index (χ1n) is 8.76. The first-order chi connectivity index (χ1) is 13.1. The Kier molecular flexibility index (Phi) is 5.66. The van der Waals surface area contributed by atoms with Crippen LogP contribution in [0.2, 0.25) is 0 Å². The molecule has 6 heteroatoms. The molecule has 0 aliphatic rings. The Balaban J connectivity index is 1.74. The van der Waals surface area contributed by atoms with Crippen LogP contribution >= 0.6 is 0 Å². The lowest BCUT2D eigenvalue weighted by atomic mass is 10.1. The van der Waals surface area contributed by atoms with E-state index in [2.05, 4.69) is 20.6 Å². The Morgan fingerprint density at radius 1 is 1.04 bits per heavy atom. The monoisotopic (exact) mass is 362 g/mol. The fourth-order valence-electron chi connectivity index (χ4n) is 2.69. The molecule has 6 nitrogen and oxygen atoms in total. The van der Waals surface area contributed by atoms with E-state index in [1.54, 1.807) is 6.07 Å². The van der Waals surface area contributed by atoms with E-state index in [0.717, 1.165) is 28.3 Å². The van der Waals surface area contributed by atoms with Crippen LogP contribution in [-0.4, -0.2) is 22.5 Å². The predicted octanol–water partition coefficient (Wildman–Crippen LogP) is 4.49. The van der Waals surface area contributed by atoms with Crippen molar-refractivity contribution in [3.63, 3.8) is 0 Å². The van der Waals surface area contributed by atoms with Crippen LogP contribution < -0.4 is 15.4 Å². The van der Waals surface area contributed by atoms with E-state index >= 15 is 0 Å². The van der Waals surface area contributed by atoms with Crippen molar-refractivity contribution < 1.29 is 9.53 Å². The quantitative estimate of drug-likeness (QED) is 0.676. The third kappa shape index (κ3) is 4.61. The van der Waals surface area contributed by atoms with Crippen molar-refractivity contribution in [2.45, 2.75) is 20.8 Å². The Bertz CT molecular complexity index is 919. The van der Waals surface area contributed by atoms with Crippen LogP contribution in [0.5, 0.6) is 5.75 Å². The highest BCUT2D eigenvalue weighted by molar-refractivity contribution is 6.04. The van der Waals surface area contributed by atoms with Gasteiger partial charge in [-0.1, -0.05) is 18.2 Å². The average Bonchev–Trinajstić information content (AvgIpc) is 2.67. The summed E-state index contributed by atoms with van der Waals surface area (Å²) in [5, 5.41) is 6.10. The zero-order valence-electron chi connectivity index (χ0n) is 15.6. The third-order valence-corrected chi connectivity index (χ3v) is 4.06. The largest absolute Gasteiger partial charge is 0.494 e. The van der Waals surface area contributed by atoms with Crippen LogP contribution in [0.1, 0.15) is 28.5 Å². The van der Waals surface area contributed by atoms with E-state index in [9.17, 15) is 4.79 Å². The molecule has 0 radical (unpaired) electrons. The van der Waals surface area contributed by atoms with Crippen molar-refractivity contribution in [3.8, 4) is 5.75 Å². The molecule has 0 atom stereocenters. The number of nitrogens with one attached hydrogen (secondary N) is 2. The van der Waals surface area contributed by atoms with Crippen molar-refractivity contribution in [3.05, 3.63) is 71.7 Å². The summed E-state index contributed by atoms with van der Waals surface area (Å²) in [6.45, 7) is 6.48. The van der Waals surface area contributed by atoms with E-state index < -0.39 is 0 Å². The van der Waals surface area contributed by atoms with E-state index in [1.807, 2.05) is 63.2 Å². The van der Waals surface area contributed by atoms with Crippen molar-refractivity contribution in [1.29, 1.82) is 0 Å². The van der Waals surface area contributed by atoms with Gasteiger partial charge in [-0.2, -0.15) is 0 Å². The average molecular weight is 362 g/mol. The fraction of sp³-hybridized carbons (Fsp3) is 0.190. The van der Waals surface area contributed by atoms with Crippen molar-refractivity contribution >= 4 is 23.1 Å². The maximum Gasteiger partial charge on any atom is 0.274 e. The number of benzene rings is 2. The number of carbonyl (C=O) groups excluding carboxylic acids is 1. The van der Waals surface area contributed by atoms with Crippen molar-refractivity contribution in [1.82, 2.24) is 9.97 Å². The van der Waals surface area contributed by atoms with Crippen LogP contribution in [0, 0.1) is 13.8 Å². The van der Waals surface area contributed by atoms with Gasteiger partial charge < -0.3 is 15.4 Å². The van der Waals surface area contributed by atoms with Gasteiger partial charge in [0.15, 0.2) is 0 Å². The molecule has 0 saturated carbocycles. The minimum atomic E-state index is -0.274. The third-order valence-electron chi connectivity index (χ3n) is 4.06. The SMILES string of the molecule is CCOc1ccc(Nc2cc(C(=O)Nc3c(C)cccc3C)ncn2)cc1. The molecule has 0 bridgehead atoms. The number of ether oxygens (including phenoxy) is 1. The summed E-state index contributed by atoms with van der Waals surface area (Å²) < 4.78 is 5.43. The van der Waals surface area contributed by atoms with Gasteiger partial charge in [-0.05, 0) is 56.2 Å². The second kappa shape index (κ2) is 8.31. The zero-order chi connectivity index (χ0) is 19.2. The number of hydrogen-bond donors (Lipinski definition) is 2. The number of carbonyl (C=O) groups is 1. The van der Waals surface area contributed by atoms with E-state index in [4.69, 9.17) is 4.74 Å². The first kappa shape index (κ1) is 18.4. The molecule has 0 aliphatic carbocycles. The second-order valence-corrected chi connectivity index (χ2v) is 6.09. The molecule has 1 aromatic heterocycles. The predicted molar refractivity (Wildman–Crippen MR) is 107 cm³/mol. The lowest BCUT2D eigenvalue weighted by molar-refractivity contribution is 0.102. The van der Waals surface area contributed by atoms with E-state index in [0.29, 0.717) is 18.1 Å². The molecule has 2 N–H and O–H groups in total. The molecule has 138 valence electrons. The summed E-state index contributed by atoms with van der Waals surface area (Å²) in [5.74, 6) is 1.07. The number of anilines is 3. The van der Waals surface area contributed by atoms with Gasteiger partial charge in [0.2, 0.25) is 0 Å². The van der Waals surface area contributed by atoms with Crippen molar-refractivity contribution in [2.24, 2.45) is 0 Å². The van der Waals surface area contributed by atoms with Gasteiger partial charge in [0, 0.05) is 17.4 Å². The van der Waals surface area contributed by atoms with Gasteiger partial charge in [-0.15, -0.1) is 0 Å². The van der Waals surface area contributed by atoms with Crippen LogP contribution in [0.15, 0.2) is 54.9 Å². The Labute approximate surface area is 158 Å². The standard InChI is InChI=1S/C21H22N4O2/c1-4-27-17-10-8-16(9-11-17)24-19-12-18(22-13-23-19)21(26)25-20-14(2)6-5-7-15(20)3/h5-13H,4H2,1-3H3,(H,25,26)(H,22,23,24). The van der Waals surface area contributed by atoms with E-state index in [1.165, 1.54) is 6.33 Å². The number of aromatic nitrogens is 2. The summed E-state index contributed by atoms with van der Waals surface area (Å²) in [6.07, 6.45) is 1.37. The Hall–Kier alpha value is -3.41. The van der Waals surface area contributed by atoms with E-state index in [-0.39, 0.29) is 5.91 Å². The Morgan fingerprint density at radius 3 is 2.41 bits per heavy atom. The summed E-state index contributed by atoms with van der Waals surface area (Å²) in [7, 11) is 0. The van der Waals surface area contributed by atoms with Gasteiger partial charge in [0.1, 0.15) is 23.6 Å². The van der Waals surface area contributed by atoms with Crippen molar-refractivity contribution in [2.75, 3.05) is 17.2 Å². The van der Waals surface area contributed by atoms with Gasteiger partial charge >= 0.3 is 0 Å². The first-order valence-corrected chi connectivity index (χ1v) is 8.76. The van der Waals surface area contributed by atoms with Crippen LogP contribution in [-0.2, 0) is 0 Å². The molecule has 0 fully saturated rings. The minimum absolute atomic E-state index is 0.274. The number of amides is 1. The van der Waals surface area contributed by atoms with Crippen LogP contribution in [0.25, 0.3) is 0 Å². The highest BCUT2D eigenvalue weighted by Crippen LogP contribution is 2.21. The molecule has 3 rings (SSSR count). The molecule has 0 spiro atoms. The normalized spacial score (nSPS) is 10.3. The maximum absolute atomic E-state index is 12.6. The maximum atomic E-state index is 12.6. The molecule has 0 saturated heterocycles. The minimum Gasteiger partial charge on any atom is -0.494 e. The lowest BCUT2D eigenvalue weighted by Gasteiger charge is -2.12. The van der Waals surface area contributed by atoms with Gasteiger partial charge in [-0.25, -0.2) is 9.97 Å². The van der Waals surface area contributed by atoms with Gasteiger partial charge in [0.25, 0.3) is 5.91 Å². The molecular formula is C21H22N4O2. The second-order valence-electron chi connectivity index (χ2n) is 6.09. The van der Waals surface area contributed by atoms with Crippen LogP contribution in [0.4, 0.5) is 17.2 Å².